The van der Waals surface area contributed by atoms with Crippen molar-refractivity contribution in [2.45, 2.75) is 26.3 Å². The van der Waals surface area contributed by atoms with Crippen molar-refractivity contribution in [1.29, 1.82) is 0 Å². The van der Waals surface area contributed by atoms with Crippen LogP contribution in [0.5, 0.6) is 5.75 Å². The standard InChI is InChI=1S/C10H13NO4.ClH/c1-7-10(15)8(12)4-6-11(7)5-2-3-9(13)14;/h4,6,15H,2-3,5H2,1H3,(H,13,14);1H. The molecule has 0 radical (unpaired) electrons. The van der Waals surface area contributed by atoms with Gasteiger partial charge in [0.1, 0.15) is 0 Å². The third-order valence-corrected chi connectivity index (χ3v) is 2.20. The zero-order valence-electron chi connectivity index (χ0n) is 8.84. The lowest BCUT2D eigenvalue weighted by Gasteiger charge is -2.10. The molecule has 5 nitrogen and oxygen atoms in total. The summed E-state index contributed by atoms with van der Waals surface area (Å²) in [4.78, 5) is 21.3. The molecule has 0 aliphatic rings. The van der Waals surface area contributed by atoms with Crippen LogP contribution >= 0.6 is 12.4 Å². The van der Waals surface area contributed by atoms with Gasteiger partial charge >= 0.3 is 5.97 Å². The number of rotatable bonds is 4. The van der Waals surface area contributed by atoms with Crippen LogP contribution in [0.4, 0.5) is 0 Å². The fraction of sp³-hybridized carbons (Fsp3) is 0.400. The molecule has 0 spiro atoms. The molecule has 1 aromatic heterocycles. The van der Waals surface area contributed by atoms with Gasteiger partial charge in [0.05, 0.1) is 5.69 Å². The summed E-state index contributed by atoms with van der Waals surface area (Å²) in [6.45, 7) is 2.10. The zero-order valence-corrected chi connectivity index (χ0v) is 9.66. The van der Waals surface area contributed by atoms with E-state index in [2.05, 4.69) is 0 Å². The fourth-order valence-electron chi connectivity index (χ4n) is 1.31. The molecular formula is C10H14ClNO4. The van der Waals surface area contributed by atoms with Crippen LogP contribution in [-0.2, 0) is 11.3 Å². The molecule has 16 heavy (non-hydrogen) atoms. The molecule has 0 saturated carbocycles. The van der Waals surface area contributed by atoms with Crippen molar-refractivity contribution in [3.8, 4) is 5.75 Å². The van der Waals surface area contributed by atoms with Crippen LogP contribution in [0.15, 0.2) is 17.1 Å². The molecule has 0 bridgehead atoms. The highest BCUT2D eigenvalue weighted by atomic mass is 35.5. The first kappa shape index (κ1) is 14.5. The Morgan fingerprint density at radius 3 is 2.69 bits per heavy atom. The summed E-state index contributed by atoms with van der Waals surface area (Å²) in [6, 6.07) is 1.27. The van der Waals surface area contributed by atoms with Gasteiger partial charge in [-0.15, -0.1) is 12.4 Å². The Morgan fingerprint density at radius 1 is 1.50 bits per heavy atom. The van der Waals surface area contributed by atoms with E-state index in [9.17, 15) is 14.7 Å². The monoisotopic (exact) mass is 247 g/mol. The quantitative estimate of drug-likeness (QED) is 0.837. The summed E-state index contributed by atoms with van der Waals surface area (Å²) >= 11 is 0. The van der Waals surface area contributed by atoms with E-state index < -0.39 is 11.4 Å². The predicted molar refractivity (Wildman–Crippen MR) is 61.2 cm³/mol. The van der Waals surface area contributed by atoms with Crippen LogP contribution in [0.3, 0.4) is 0 Å². The Labute approximate surface area is 98.8 Å². The molecule has 1 aromatic rings. The minimum atomic E-state index is -0.849. The zero-order chi connectivity index (χ0) is 11.4. The highest BCUT2D eigenvalue weighted by molar-refractivity contribution is 5.85. The molecule has 6 heteroatoms. The number of aliphatic carboxylic acids is 1. The SMILES string of the molecule is Cc1c(O)c(=O)ccn1CCCC(=O)O.Cl. The second kappa shape index (κ2) is 6.17. The number of hydrogen-bond donors (Lipinski definition) is 2. The lowest BCUT2D eigenvalue weighted by Crippen LogP contribution is -2.10. The Morgan fingerprint density at radius 2 is 2.12 bits per heavy atom. The Balaban J connectivity index is 0.00000225. The molecule has 0 atom stereocenters. The van der Waals surface area contributed by atoms with Crippen LogP contribution < -0.4 is 5.43 Å². The van der Waals surface area contributed by atoms with Gasteiger partial charge < -0.3 is 14.8 Å². The molecule has 0 aliphatic heterocycles. The fourth-order valence-corrected chi connectivity index (χ4v) is 1.31. The number of aryl methyl sites for hydroxylation is 1. The third-order valence-electron chi connectivity index (χ3n) is 2.20. The van der Waals surface area contributed by atoms with Crippen molar-refractivity contribution in [3.63, 3.8) is 0 Å². The molecular weight excluding hydrogens is 234 g/mol. The number of pyridine rings is 1. The van der Waals surface area contributed by atoms with E-state index in [0.717, 1.165) is 0 Å². The Bertz CT molecular complexity index is 427. The van der Waals surface area contributed by atoms with Gasteiger partial charge in [-0.3, -0.25) is 9.59 Å². The maximum Gasteiger partial charge on any atom is 0.303 e. The van der Waals surface area contributed by atoms with E-state index in [4.69, 9.17) is 5.11 Å². The van der Waals surface area contributed by atoms with Crippen LogP contribution in [0, 0.1) is 6.92 Å². The maximum atomic E-state index is 11.0. The van der Waals surface area contributed by atoms with Gasteiger partial charge in [-0.2, -0.15) is 0 Å². The van der Waals surface area contributed by atoms with Gasteiger partial charge in [0, 0.05) is 25.2 Å². The third kappa shape index (κ3) is 3.58. The predicted octanol–water partition coefficient (Wildman–Crippen LogP) is 1.15. The second-order valence-electron chi connectivity index (χ2n) is 3.30. The van der Waals surface area contributed by atoms with E-state index in [-0.39, 0.29) is 24.6 Å². The molecule has 90 valence electrons. The molecule has 0 aliphatic carbocycles. The highest BCUT2D eigenvalue weighted by Gasteiger charge is 2.05. The van der Waals surface area contributed by atoms with E-state index in [1.807, 2.05) is 0 Å². The molecule has 0 fully saturated rings. The molecule has 0 saturated heterocycles. The summed E-state index contributed by atoms with van der Waals surface area (Å²) in [6.07, 6.45) is 2.10. The van der Waals surface area contributed by atoms with Crippen molar-refractivity contribution in [2.75, 3.05) is 0 Å². The topological polar surface area (TPSA) is 79.5 Å². The number of halogens is 1. The van der Waals surface area contributed by atoms with E-state index in [1.165, 1.54) is 6.07 Å². The average molecular weight is 248 g/mol. The Hall–Kier alpha value is -1.49. The summed E-state index contributed by atoms with van der Waals surface area (Å²) in [5.41, 5.74) is 0.0508. The van der Waals surface area contributed by atoms with E-state index in [1.54, 1.807) is 17.7 Å². The van der Waals surface area contributed by atoms with Crippen molar-refractivity contribution >= 4 is 18.4 Å². The smallest absolute Gasteiger partial charge is 0.303 e. The van der Waals surface area contributed by atoms with Gasteiger partial charge in [-0.25, -0.2) is 0 Å². The summed E-state index contributed by atoms with van der Waals surface area (Å²) in [7, 11) is 0. The molecule has 0 amide bonds. The molecule has 2 N–H and O–H groups in total. The lowest BCUT2D eigenvalue weighted by molar-refractivity contribution is -0.137. The number of carbonyl (C=O) groups is 1. The van der Waals surface area contributed by atoms with Gasteiger partial charge in [0.15, 0.2) is 5.75 Å². The highest BCUT2D eigenvalue weighted by Crippen LogP contribution is 2.10. The first-order chi connectivity index (χ1) is 7.02. The summed E-state index contributed by atoms with van der Waals surface area (Å²) in [5, 5.41) is 17.8. The Kier molecular flexibility index (Phi) is 5.60. The molecule has 1 heterocycles. The largest absolute Gasteiger partial charge is 0.503 e. The van der Waals surface area contributed by atoms with Crippen molar-refractivity contribution in [3.05, 3.63) is 28.2 Å². The number of hydrogen-bond acceptors (Lipinski definition) is 3. The minimum Gasteiger partial charge on any atom is -0.503 e. The van der Waals surface area contributed by atoms with Crippen LogP contribution in [0.25, 0.3) is 0 Å². The number of aromatic hydroxyl groups is 1. The van der Waals surface area contributed by atoms with Crippen LogP contribution in [0.2, 0.25) is 0 Å². The minimum absolute atomic E-state index is 0. The molecule has 0 unspecified atom stereocenters. The first-order valence-electron chi connectivity index (χ1n) is 4.63. The van der Waals surface area contributed by atoms with E-state index in [0.29, 0.717) is 18.7 Å². The summed E-state index contributed by atoms with van der Waals surface area (Å²) < 4.78 is 1.67. The lowest BCUT2D eigenvalue weighted by atomic mass is 10.2. The average Bonchev–Trinajstić information content (AvgIpc) is 2.18. The van der Waals surface area contributed by atoms with Crippen molar-refractivity contribution in [1.82, 2.24) is 4.57 Å². The number of nitrogens with zero attached hydrogens (tertiary/aromatic N) is 1. The van der Waals surface area contributed by atoms with Crippen molar-refractivity contribution in [2.24, 2.45) is 0 Å². The van der Waals surface area contributed by atoms with Crippen molar-refractivity contribution < 1.29 is 15.0 Å². The normalized spacial score (nSPS) is 9.56. The number of carboxylic acids is 1. The maximum absolute atomic E-state index is 11.0. The summed E-state index contributed by atoms with van der Waals surface area (Å²) in [5.74, 6) is -1.12. The van der Waals surface area contributed by atoms with Gasteiger partial charge in [-0.1, -0.05) is 0 Å². The van der Waals surface area contributed by atoms with Crippen LogP contribution in [-0.4, -0.2) is 20.7 Å². The van der Waals surface area contributed by atoms with Crippen LogP contribution in [0.1, 0.15) is 18.5 Å². The van der Waals surface area contributed by atoms with Gasteiger partial charge in [0.25, 0.3) is 0 Å². The van der Waals surface area contributed by atoms with E-state index >= 15 is 0 Å². The van der Waals surface area contributed by atoms with Gasteiger partial charge in [-0.05, 0) is 13.3 Å². The molecule has 0 aromatic carbocycles. The molecule has 1 rings (SSSR count). The number of aromatic nitrogens is 1. The first-order valence-corrected chi connectivity index (χ1v) is 4.63. The number of carboxylic acid groups (broad SMARTS) is 1. The second-order valence-corrected chi connectivity index (χ2v) is 3.30. The van der Waals surface area contributed by atoms with Gasteiger partial charge in [0.2, 0.25) is 5.43 Å².